The normalized spacial score (nSPS) is 15.1. The van der Waals surface area contributed by atoms with Gasteiger partial charge in [-0.15, -0.1) is 0 Å². The summed E-state index contributed by atoms with van der Waals surface area (Å²) in [5.74, 6) is 0. The van der Waals surface area contributed by atoms with Crippen LogP contribution in [0.25, 0.3) is 0 Å². The molecule has 1 aromatic heterocycles. The largest absolute Gasteiger partial charge is 0.432 e. The van der Waals surface area contributed by atoms with Gasteiger partial charge in [0.1, 0.15) is 6.26 Å². The molecule has 0 unspecified atom stereocenters. The van der Waals surface area contributed by atoms with E-state index in [4.69, 9.17) is 4.42 Å². The average molecular weight is 285 g/mol. The third-order valence-electron chi connectivity index (χ3n) is 3.74. The summed E-state index contributed by atoms with van der Waals surface area (Å²) in [6, 6.07) is 9.33. The zero-order chi connectivity index (χ0) is 14.9. The van der Waals surface area contributed by atoms with E-state index in [1.807, 2.05) is 0 Å². The second-order valence-corrected chi connectivity index (χ2v) is 6.67. The van der Waals surface area contributed by atoms with Crippen LogP contribution < -0.4 is 10.2 Å². The molecular formula is C17H23N3O. The summed E-state index contributed by atoms with van der Waals surface area (Å²) in [5.41, 5.74) is 3.86. The highest BCUT2D eigenvalue weighted by molar-refractivity contribution is 5.38. The number of fused-ring (bicyclic) bond motifs is 1. The first-order chi connectivity index (χ1) is 10.0. The van der Waals surface area contributed by atoms with Crippen molar-refractivity contribution in [2.75, 3.05) is 11.4 Å². The monoisotopic (exact) mass is 285 g/mol. The predicted molar refractivity (Wildman–Crippen MR) is 84.3 cm³/mol. The van der Waals surface area contributed by atoms with E-state index < -0.39 is 0 Å². The molecule has 0 amide bonds. The maximum absolute atomic E-state index is 5.66. The zero-order valence-corrected chi connectivity index (χ0v) is 13.0. The molecule has 112 valence electrons. The van der Waals surface area contributed by atoms with Crippen LogP contribution in [0.15, 0.2) is 34.9 Å². The van der Waals surface area contributed by atoms with Crippen molar-refractivity contribution in [2.45, 2.75) is 45.8 Å². The summed E-state index contributed by atoms with van der Waals surface area (Å²) in [7, 11) is 0. The average Bonchev–Trinajstić information content (AvgIpc) is 2.93. The molecular weight excluding hydrogens is 262 g/mol. The Morgan fingerprint density at radius 1 is 1.24 bits per heavy atom. The maximum atomic E-state index is 5.66. The zero-order valence-electron chi connectivity index (χ0n) is 13.0. The number of hydrogen-bond donors (Lipinski definition) is 1. The summed E-state index contributed by atoms with van der Waals surface area (Å²) < 4.78 is 5.66. The third kappa shape index (κ3) is 3.45. The van der Waals surface area contributed by atoms with Crippen LogP contribution in [0, 0.1) is 0 Å². The Morgan fingerprint density at radius 3 is 2.76 bits per heavy atom. The molecule has 1 aliphatic rings. The Balaban J connectivity index is 1.67. The van der Waals surface area contributed by atoms with Crippen molar-refractivity contribution >= 4 is 6.01 Å². The van der Waals surface area contributed by atoms with Gasteiger partial charge in [-0.2, -0.15) is 4.98 Å². The number of oxazole rings is 1. The minimum absolute atomic E-state index is 0.0865. The molecule has 21 heavy (non-hydrogen) atoms. The molecule has 2 aromatic rings. The second-order valence-electron chi connectivity index (χ2n) is 6.67. The van der Waals surface area contributed by atoms with E-state index in [-0.39, 0.29) is 5.54 Å². The molecule has 0 aliphatic carbocycles. The minimum atomic E-state index is 0.0865. The van der Waals surface area contributed by atoms with Crippen molar-refractivity contribution in [3.05, 3.63) is 47.3 Å². The summed E-state index contributed by atoms with van der Waals surface area (Å²) >= 11 is 0. The molecule has 2 heterocycles. The van der Waals surface area contributed by atoms with E-state index in [9.17, 15) is 0 Å². The van der Waals surface area contributed by atoms with E-state index in [0.717, 1.165) is 37.8 Å². The summed E-state index contributed by atoms with van der Waals surface area (Å²) in [6.45, 7) is 9.02. The highest BCUT2D eigenvalue weighted by Gasteiger charge is 2.20. The number of nitrogens with zero attached hydrogens (tertiary/aromatic N) is 2. The fourth-order valence-electron chi connectivity index (χ4n) is 2.54. The maximum Gasteiger partial charge on any atom is 0.297 e. The standard InChI is InChI=1S/C17H23N3O/c1-17(2,3)18-10-15-12-21-16(19-15)20-9-8-13-6-4-5-7-14(13)11-20/h4-7,12,18H,8-11H2,1-3H3. The van der Waals surface area contributed by atoms with Crippen LogP contribution in [-0.4, -0.2) is 17.1 Å². The number of nitrogens with one attached hydrogen (secondary N) is 1. The molecule has 0 saturated carbocycles. The van der Waals surface area contributed by atoms with Crippen molar-refractivity contribution in [3.8, 4) is 0 Å². The lowest BCUT2D eigenvalue weighted by molar-refractivity contribution is 0.421. The first-order valence-electron chi connectivity index (χ1n) is 7.52. The summed E-state index contributed by atoms with van der Waals surface area (Å²) in [4.78, 5) is 6.82. The van der Waals surface area contributed by atoms with Crippen LogP contribution in [0.2, 0.25) is 0 Å². The molecule has 4 heteroatoms. The molecule has 0 spiro atoms. The van der Waals surface area contributed by atoms with Gasteiger partial charge < -0.3 is 14.6 Å². The second kappa shape index (κ2) is 5.53. The quantitative estimate of drug-likeness (QED) is 0.940. The van der Waals surface area contributed by atoms with Gasteiger partial charge in [-0.05, 0) is 38.3 Å². The molecule has 0 bridgehead atoms. The molecule has 1 N–H and O–H groups in total. The highest BCUT2D eigenvalue weighted by Crippen LogP contribution is 2.23. The Kier molecular flexibility index (Phi) is 3.72. The van der Waals surface area contributed by atoms with E-state index in [0.29, 0.717) is 0 Å². The van der Waals surface area contributed by atoms with Crippen molar-refractivity contribution in [3.63, 3.8) is 0 Å². The Hall–Kier alpha value is -1.81. The van der Waals surface area contributed by atoms with Crippen molar-refractivity contribution in [1.82, 2.24) is 10.3 Å². The van der Waals surface area contributed by atoms with Gasteiger partial charge in [-0.25, -0.2) is 0 Å². The van der Waals surface area contributed by atoms with Crippen LogP contribution in [0.5, 0.6) is 0 Å². The van der Waals surface area contributed by atoms with Crippen LogP contribution in [0.4, 0.5) is 6.01 Å². The predicted octanol–water partition coefficient (Wildman–Crippen LogP) is 3.13. The van der Waals surface area contributed by atoms with Crippen LogP contribution >= 0.6 is 0 Å². The first-order valence-corrected chi connectivity index (χ1v) is 7.52. The van der Waals surface area contributed by atoms with Crippen LogP contribution in [0.1, 0.15) is 37.6 Å². The van der Waals surface area contributed by atoms with Gasteiger partial charge in [0, 0.05) is 25.2 Å². The van der Waals surface area contributed by atoms with Gasteiger partial charge in [-0.3, -0.25) is 0 Å². The smallest absolute Gasteiger partial charge is 0.297 e. The Morgan fingerprint density at radius 2 is 2.00 bits per heavy atom. The van der Waals surface area contributed by atoms with Gasteiger partial charge in [-0.1, -0.05) is 24.3 Å². The van der Waals surface area contributed by atoms with Crippen molar-refractivity contribution < 1.29 is 4.42 Å². The molecule has 3 rings (SSSR count). The fourth-order valence-corrected chi connectivity index (χ4v) is 2.54. The Labute approximate surface area is 126 Å². The van der Waals surface area contributed by atoms with Gasteiger partial charge in [0.25, 0.3) is 6.01 Å². The number of aromatic nitrogens is 1. The fraction of sp³-hybridized carbons (Fsp3) is 0.471. The molecule has 0 fully saturated rings. The lowest BCUT2D eigenvalue weighted by atomic mass is 10.0. The lowest BCUT2D eigenvalue weighted by Crippen LogP contribution is -2.35. The number of rotatable bonds is 3. The lowest BCUT2D eigenvalue weighted by Gasteiger charge is -2.27. The van der Waals surface area contributed by atoms with E-state index in [2.05, 4.69) is 60.2 Å². The molecule has 1 aliphatic heterocycles. The van der Waals surface area contributed by atoms with Crippen LogP contribution in [-0.2, 0) is 19.5 Å². The molecule has 0 saturated heterocycles. The van der Waals surface area contributed by atoms with E-state index in [1.165, 1.54) is 11.1 Å². The van der Waals surface area contributed by atoms with Crippen molar-refractivity contribution in [1.29, 1.82) is 0 Å². The van der Waals surface area contributed by atoms with Crippen LogP contribution in [0.3, 0.4) is 0 Å². The van der Waals surface area contributed by atoms with Gasteiger partial charge in [0.05, 0.1) is 5.69 Å². The van der Waals surface area contributed by atoms with Gasteiger partial charge >= 0.3 is 0 Å². The third-order valence-corrected chi connectivity index (χ3v) is 3.74. The summed E-state index contributed by atoms with van der Waals surface area (Å²) in [6.07, 6.45) is 2.81. The SMILES string of the molecule is CC(C)(C)NCc1coc(N2CCc3ccccc3C2)n1. The topological polar surface area (TPSA) is 41.3 Å². The molecule has 4 nitrogen and oxygen atoms in total. The number of benzene rings is 1. The van der Waals surface area contributed by atoms with Gasteiger partial charge in [0.2, 0.25) is 0 Å². The number of hydrogen-bond acceptors (Lipinski definition) is 4. The first kappa shape index (κ1) is 14.1. The summed E-state index contributed by atoms with van der Waals surface area (Å²) in [5, 5.41) is 3.43. The molecule has 0 atom stereocenters. The van der Waals surface area contributed by atoms with E-state index >= 15 is 0 Å². The Bertz CT molecular complexity index is 612. The minimum Gasteiger partial charge on any atom is -0.432 e. The van der Waals surface area contributed by atoms with E-state index in [1.54, 1.807) is 6.26 Å². The van der Waals surface area contributed by atoms with Gasteiger partial charge in [0.15, 0.2) is 0 Å². The molecule has 1 aromatic carbocycles. The number of anilines is 1. The highest BCUT2D eigenvalue weighted by atomic mass is 16.4. The molecule has 0 radical (unpaired) electrons. The van der Waals surface area contributed by atoms with Crippen molar-refractivity contribution in [2.24, 2.45) is 0 Å².